The van der Waals surface area contributed by atoms with Crippen molar-refractivity contribution in [2.24, 2.45) is 0 Å². The predicted molar refractivity (Wildman–Crippen MR) is 104 cm³/mol. The van der Waals surface area contributed by atoms with Crippen LogP contribution in [0.1, 0.15) is 27.6 Å². The van der Waals surface area contributed by atoms with E-state index in [0.717, 1.165) is 9.80 Å². The molecule has 3 rings (SSSR count). The number of non-ortho nitro benzene ring substituents is 1. The molecule has 0 unspecified atom stereocenters. The van der Waals surface area contributed by atoms with E-state index in [1.165, 1.54) is 30.0 Å². The second kappa shape index (κ2) is 8.33. The molecule has 0 amide bonds. The van der Waals surface area contributed by atoms with Gasteiger partial charge in [-0.25, -0.2) is 0 Å². The lowest BCUT2D eigenvalue weighted by molar-refractivity contribution is -0.384. The summed E-state index contributed by atoms with van der Waals surface area (Å²) < 4.78 is 0.800. The van der Waals surface area contributed by atoms with Gasteiger partial charge in [-0.1, -0.05) is 42.5 Å². The maximum absolute atomic E-state index is 12.3. The number of nitro benzene ring substituents is 1. The van der Waals surface area contributed by atoms with Gasteiger partial charge in [0.2, 0.25) is 0 Å². The Morgan fingerprint density at radius 3 is 2.69 bits per heavy atom. The molecular weight excluding hydrogens is 370 g/mol. The molecule has 1 atom stereocenters. The van der Waals surface area contributed by atoms with Crippen molar-refractivity contribution in [2.45, 2.75) is 11.7 Å². The second-order valence-corrected chi connectivity index (χ2v) is 8.19. The molecule has 0 radical (unpaired) electrons. The number of rotatable bonds is 6. The summed E-state index contributed by atoms with van der Waals surface area (Å²) >= 11 is 2.88. The van der Waals surface area contributed by atoms with Crippen LogP contribution in [0.5, 0.6) is 0 Å². The third-order valence-corrected chi connectivity index (χ3v) is 6.34. The third-order valence-electron chi connectivity index (χ3n) is 3.82. The molecule has 5 nitrogen and oxygen atoms in total. The number of thioether (sulfide) groups is 2. The summed E-state index contributed by atoms with van der Waals surface area (Å²) in [6.45, 7) is 0. The standard InChI is InChI=1S/C19H15NO4S2/c21-16-10-18(13-5-2-1-3-6-13)26-19(11-16)25-12-17(22)14-7-4-8-15(9-14)20(23)24/h1-9,11,18H,10,12H2/t18-/m0/s1. The van der Waals surface area contributed by atoms with Crippen LogP contribution >= 0.6 is 23.5 Å². The number of benzene rings is 2. The van der Waals surface area contributed by atoms with Crippen LogP contribution in [-0.4, -0.2) is 22.2 Å². The van der Waals surface area contributed by atoms with Gasteiger partial charge >= 0.3 is 0 Å². The minimum atomic E-state index is -0.521. The van der Waals surface area contributed by atoms with Gasteiger partial charge in [0.25, 0.3) is 5.69 Å². The van der Waals surface area contributed by atoms with Crippen molar-refractivity contribution in [1.82, 2.24) is 0 Å². The van der Waals surface area contributed by atoms with Crippen molar-refractivity contribution in [3.8, 4) is 0 Å². The minimum absolute atomic E-state index is 0.0444. The van der Waals surface area contributed by atoms with Crippen molar-refractivity contribution < 1.29 is 14.5 Å². The van der Waals surface area contributed by atoms with Crippen LogP contribution < -0.4 is 0 Å². The van der Waals surface area contributed by atoms with Gasteiger partial charge in [0, 0.05) is 39.7 Å². The number of carbonyl (C=O) groups excluding carboxylic acids is 2. The SMILES string of the molecule is O=C1C=C(SCC(=O)c2cccc([N+](=O)[O-])c2)S[C@H](c2ccccc2)C1. The molecule has 1 aliphatic heterocycles. The lowest BCUT2D eigenvalue weighted by Crippen LogP contribution is -2.09. The predicted octanol–water partition coefficient (Wildman–Crippen LogP) is 4.80. The summed E-state index contributed by atoms with van der Waals surface area (Å²) in [4.78, 5) is 34.7. The average molecular weight is 385 g/mol. The second-order valence-electron chi connectivity index (χ2n) is 5.67. The maximum atomic E-state index is 12.3. The zero-order valence-electron chi connectivity index (χ0n) is 13.7. The largest absolute Gasteiger partial charge is 0.295 e. The number of nitro groups is 1. The van der Waals surface area contributed by atoms with E-state index in [2.05, 4.69) is 0 Å². The number of allylic oxidation sites excluding steroid dienone is 1. The Morgan fingerprint density at radius 1 is 1.19 bits per heavy atom. The van der Waals surface area contributed by atoms with E-state index in [9.17, 15) is 19.7 Å². The lowest BCUT2D eigenvalue weighted by Gasteiger charge is -2.21. The summed E-state index contributed by atoms with van der Waals surface area (Å²) in [7, 11) is 0. The van der Waals surface area contributed by atoms with Crippen LogP contribution in [0.2, 0.25) is 0 Å². The van der Waals surface area contributed by atoms with Gasteiger partial charge in [0.15, 0.2) is 11.6 Å². The molecule has 132 valence electrons. The summed E-state index contributed by atoms with van der Waals surface area (Å²) in [6.07, 6.45) is 2.02. The molecule has 0 N–H and O–H groups in total. The highest BCUT2D eigenvalue weighted by Gasteiger charge is 2.24. The molecule has 0 bridgehead atoms. The highest BCUT2D eigenvalue weighted by Crippen LogP contribution is 2.45. The van der Waals surface area contributed by atoms with Crippen molar-refractivity contribution in [1.29, 1.82) is 0 Å². The molecule has 1 heterocycles. The highest BCUT2D eigenvalue weighted by atomic mass is 32.2. The van der Waals surface area contributed by atoms with E-state index in [0.29, 0.717) is 12.0 Å². The fourth-order valence-electron chi connectivity index (χ4n) is 2.53. The van der Waals surface area contributed by atoms with Gasteiger partial charge in [-0.3, -0.25) is 19.7 Å². The Morgan fingerprint density at radius 2 is 1.96 bits per heavy atom. The molecule has 0 saturated heterocycles. The van der Waals surface area contributed by atoms with Crippen molar-refractivity contribution in [3.05, 3.63) is 86.2 Å². The monoisotopic (exact) mass is 385 g/mol. The molecule has 7 heteroatoms. The lowest BCUT2D eigenvalue weighted by atomic mass is 10.1. The van der Waals surface area contributed by atoms with E-state index in [1.807, 2.05) is 30.3 Å². The van der Waals surface area contributed by atoms with Crippen molar-refractivity contribution >= 4 is 40.8 Å². The summed E-state index contributed by atoms with van der Waals surface area (Å²) in [5.74, 6) is -0.0215. The molecule has 2 aromatic rings. The summed E-state index contributed by atoms with van der Waals surface area (Å²) in [5, 5.41) is 10.9. The van der Waals surface area contributed by atoms with E-state index in [1.54, 1.807) is 23.9 Å². The molecule has 0 aliphatic carbocycles. The zero-order chi connectivity index (χ0) is 18.5. The molecule has 0 spiro atoms. The third kappa shape index (κ3) is 4.62. The number of ketones is 2. The Hall–Kier alpha value is -2.38. The average Bonchev–Trinajstić information content (AvgIpc) is 2.66. The topological polar surface area (TPSA) is 77.3 Å². The quantitative estimate of drug-likeness (QED) is 0.404. The molecular formula is C19H15NO4S2. The first-order valence-corrected chi connectivity index (χ1v) is 9.76. The highest BCUT2D eigenvalue weighted by molar-refractivity contribution is 8.22. The number of nitrogens with zero attached hydrogens (tertiary/aromatic N) is 1. The van der Waals surface area contributed by atoms with Gasteiger partial charge in [-0.15, -0.1) is 23.5 Å². The number of hydrogen-bond acceptors (Lipinski definition) is 6. The van der Waals surface area contributed by atoms with Crippen LogP contribution in [-0.2, 0) is 4.79 Å². The Kier molecular flexibility index (Phi) is 5.90. The van der Waals surface area contributed by atoms with E-state index < -0.39 is 4.92 Å². The van der Waals surface area contributed by atoms with Gasteiger partial charge in [-0.2, -0.15) is 0 Å². The normalized spacial score (nSPS) is 16.8. The Bertz CT molecular complexity index is 880. The zero-order valence-corrected chi connectivity index (χ0v) is 15.3. The summed E-state index contributed by atoms with van der Waals surface area (Å²) in [6, 6.07) is 15.5. The number of carbonyl (C=O) groups is 2. The van der Waals surface area contributed by atoms with E-state index >= 15 is 0 Å². The molecule has 26 heavy (non-hydrogen) atoms. The van der Waals surface area contributed by atoms with Crippen LogP contribution in [0.25, 0.3) is 0 Å². The first kappa shape index (κ1) is 18.4. The Balaban J connectivity index is 1.65. The van der Waals surface area contributed by atoms with Crippen molar-refractivity contribution in [3.63, 3.8) is 0 Å². The molecule has 1 aliphatic rings. The van der Waals surface area contributed by atoms with Crippen LogP contribution in [0.4, 0.5) is 5.69 Å². The molecule has 0 fully saturated rings. The van der Waals surface area contributed by atoms with Crippen LogP contribution in [0.3, 0.4) is 0 Å². The van der Waals surface area contributed by atoms with Gasteiger partial charge in [0.1, 0.15) is 0 Å². The van der Waals surface area contributed by atoms with Gasteiger partial charge in [0.05, 0.1) is 10.7 Å². The fraction of sp³-hybridized carbons (Fsp3) is 0.158. The smallest absolute Gasteiger partial charge is 0.270 e. The first-order chi connectivity index (χ1) is 12.5. The number of Topliss-reactive ketones (excluding diaryl/α,β-unsaturated/α-hetero) is 1. The van der Waals surface area contributed by atoms with Crippen LogP contribution in [0.15, 0.2) is 64.9 Å². The van der Waals surface area contributed by atoms with E-state index in [-0.39, 0.29) is 28.3 Å². The van der Waals surface area contributed by atoms with Crippen LogP contribution in [0, 0.1) is 10.1 Å². The van der Waals surface area contributed by atoms with Crippen molar-refractivity contribution in [2.75, 3.05) is 5.75 Å². The van der Waals surface area contributed by atoms with Gasteiger partial charge in [-0.05, 0) is 5.56 Å². The fourth-order valence-corrected chi connectivity index (χ4v) is 5.00. The van der Waals surface area contributed by atoms with Gasteiger partial charge < -0.3 is 0 Å². The Labute approximate surface area is 159 Å². The molecule has 0 saturated carbocycles. The van der Waals surface area contributed by atoms with E-state index in [4.69, 9.17) is 0 Å². The first-order valence-electron chi connectivity index (χ1n) is 7.89. The molecule has 2 aromatic carbocycles. The maximum Gasteiger partial charge on any atom is 0.270 e. The molecule has 0 aromatic heterocycles. The number of hydrogen-bond donors (Lipinski definition) is 0. The minimum Gasteiger partial charge on any atom is -0.295 e. The summed E-state index contributed by atoms with van der Waals surface area (Å²) in [5.41, 5.74) is 1.28.